The number of hydrogen-bond donors (Lipinski definition) is 2. The fourth-order valence-corrected chi connectivity index (χ4v) is 1.79. The van der Waals surface area contributed by atoms with Gasteiger partial charge in [0.15, 0.2) is 11.1 Å². The zero-order chi connectivity index (χ0) is 15.2. The summed E-state index contributed by atoms with van der Waals surface area (Å²) in [6.45, 7) is 2.97. The predicted octanol–water partition coefficient (Wildman–Crippen LogP) is 2.06. The minimum absolute atomic E-state index is 0.0635. The Kier molecular flexibility index (Phi) is 4.70. The van der Waals surface area contributed by atoms with Crippen LogP contribution in [0.4, 0.5) is 11.7 Å². The average Bonchev–Trinajstić information content (AvgIpc) is 2.87. The van der Waals surface area contributed by atoms with Crippen LogP contribution in [-0.2, 0) is 4.79 Å². The number of rotatable bonds is 7. The molecule has 0 unspecified atom stereocenters. The lowest BCUT2D eigenvalue weighted by Gasteiger charge is -2.03. The highest BCUT2D eigenvalue weighted by Gasteiger charge is 2.17. The van der Waals surface area contributed by atoms with Crippen molar-refractivity contribution in [1.29, 1.82) is 0 Å². The molecule has 8 heteroatoms. The lowest BCUT2D eigenvalue weighted by Crippen LogP contribution is -2.25. The van der Waals surface area contributed by atoms with Crippen LogP contribution in [0.2, 0.25) is 0 Å². The minimum atomic E-state index is -0.507. The number of amides is 1. The third kappa shape index (κ3) is 3.68. The first kappa shape index (κ1) is 14.8. The molecule has 0 saturated heterocycles. The molecule has 1 heterocycles. The van der Waals surface area contributed by atoms with Crippen LogP contribution in [0.25, 0.3) is 11.1 Å². The van der Waals surface area contributed by atoms with Gasteiger partial charge in [-0.3, -0.25) is 14.9 Å². The number of nitro benzene ring substituents is 1. The number of carbonyl (C=O) groups excluding carboxylic acids is 1. The van der Waals surface area contributed by atoms with Crippen molar-refractivity contribution in [2.45, 2.75) is 19.8 Å². The first-order valence-corrected chi connectivity index (χ1v) is 6.66. The van der Waals surface area contributed by atoms with E-state index in [2.05, 4.69) is 15.6 Å². The van der Waals surface area contributed by atoms with Gasteiger partial charge in [-0.2, -0.15) is 4.98 Å². The van der Waals surface area contributed by atoms with Crippen LogP contribution in [-0.4, -0.2) is 28.9 Å². The van der Waals surface area contributed by atoms with Crippen molar-refractivity contribution in [3.05, 3.63) is 28.3 Å². The van der Waals surface area contributed by atoms with Gasteiger partial charge in [0, 0.05) is 25.6 Å². The molecule has 0 spiro atoms. The number of nitrogens with zero attached hydrogens (tertiary/aromatic N) is 2. The van der Waals surface area contributed by atoms with Crippen molar-refractivity contribution < 1.29 is 14.1 Å². The van der Waals surface area contributed by atoms with E-state index >= 15 is 0 Å². The molecule has 0 fully saturated rings. The van der Waals surface area contributed by atoms with E-state index in [0.29, 0.717) is 18.7 Å². The Balaban J connectivity index is 1.99. The molecular weight excluding hydrogens is 276 g/mol. The van der Waals surface area contributed by atoms with Crippen molar-refractivity contribution in [2.75, 3.05) is 18.4 Å². The third-order valence-corrected chi connectivity index (χ3v) is 2.79. The van der Waals surface area contributed by atoms with Crippen LogP contribution in [0.1, 0.15) is 19.8 Å². The van der Waals surface area contributed by atoms with E-state index in [1.807, 2.05) is 6.92 Å². The predicted molar refractivity (Wildman–Crippen MR) is 77.1 cm³/mol. The Morgan fingerprint density at radius 2 is 2.24 bits per heavy atom. The van der Waals surface area contributed by atoms with Gasteiger partial charge < -0.3 is 15.1 Å². The standard InChI is InChI=1S/C13H16N4O4/c1-2-7-14-11(18)6-8-15-13-16-12-9(17(19)20)4-3-5-10(12)21-13/h3-5H,2,6-8H2,1H3,(H,14,18)(H,15,16). The summed E-state index contributed by atoms with van der Waals surface area (Å²) in [5, 5.41) is 16.5. The van der Waals surface area contributed by atoms with Gasteiger partial charge in [-0.15, -0.1) is 0 Å². The molecule has 8 nitrogen and oxygen atoms in total. The molecule has 1 aromatic heterocycles. The smallest absolute Gasteiger partial charge is 0.298 e. The summed E-state index contributed by atoms with van der Waals surface area (Å²) in [6.07, 6.45) is 1.16. The van der Waals surface area contributed by atoms with Gasteiger partial charge in [0.05, 0.1) is 4.92 Å². The van der Waals surface area contributed by atoms with Crippen molar-refractivity contribution in [3.8, 4) is 0 Å². The topological polar surface area (TPSA) is 110 Å². The highest BCUT2D eigenvalue weighted by atomic mass is 16.6. The quantitative estimate of drug-likeness (QED) is 0.597. The molecule has 0 saturated carbocycles. The van der Waals surface area contributed by atoms with E-state index in [0.717, 1.165) is 6.42 Å². The summed E-state index contributed by atoms with van der Waals surface area (Å²) in [5.41, 5.74) is 0.424. The average molecular weight is 292 g/mol. The van der Waals surface area contributed by atoms with Gasteiger partial charge in [-0.05, 0) is 12.5 Å². The van der Waals surface area contributed by atoms with E-state index in [-0.39, 0.29) is 29.5 Å². The molecule has 21 heavy (non-hydrogen) atoms. The molecule has 0 bridgehead atoms. The number of nitrogens with one attached hydrogen (secondary N) is 2. The van der Waals surface area contributed by atoms with E-state index < -0.39 is 4.92 Å². The van der Waals surface area contributed by atoms with E-state index in [1.54, 1.807) is 6.07 Å². The maximum Gasteiger partial charge on any atom is 0.298 e. The van der Waals surface area contributed by atoms with Gasteiger partial charge in [0.25, 0.3) is 11.7 Å². The Bertz CT molecular complexity index is 653. The number of non-ortho nitro benzene ring substituents is 1. The number of nitro groups is 1. The molecule has 0 aliphatic heterocycles. The number of hydrogen-bond acceptors (Lipinski definition) is 6. The lowest BCUT2D eigenvalue weighted by atomic mass is 10.3. The largest absolute Gasteiger partial charge is 0.423 e. The number of fused-ring (bicyclic) bond motifs is 1. The number of para-hydroxylation sites is 1. The van der Waals surface area contributed by atoms with Gasteiger partial charge in [0.1, 0.15) is 0 Å². The molecule has 112 valence electrons. The third-order valence-electron chi connectivity index (χ3n) is 2.79. The Hall–Kier alpha value is -2.64. The molecule has 0 atom stereocenters. The Morgan fingerprint density at radius 1 is 1.43 bits per heavy atom. The highest BCUT2D eigenvalue weighted by Crippen LogP contribution is 2.27. The molecule has 0 aliphatic rings. The van der Waals surface area contributed by atoms with Crippen molar-refractivity contribution >= 4 is 28.7 Å². The van der Waals surface area contributed by atoms with Gasteiger partial charge in [-0.25, -0.2) is 0 Å². The fourth-order valence-electron chi connectivity index (χ4n) is 1.79. The lowest BCUT2D eigenvalue weighted by molar-refractivity contribution is -0.383. The molecule has 2 N–H and O–H groups in total. The summed E-state index contributed by atoms with van der Waals surface area (Å²) in [5.74, 6) is -0.0635. The summed E-state index contributed by atoms with van der Waals surface area (Å²) in [6, 6.07) is 4.68. The zero-order valence-corrected chi connectivity index (χ0v) is 11.6. The molecule has 0 aliphatic carbocycles. The number of aromatic nitrogens is 1. The van der Waals surface area contributed by atoms with E-state index in [9.17, 15) is 14.9 Å². The van der Waals surface area contributed by atoms with Crippen LogP contribution in [0.3, 0.4) is 0 Å². The number of oxazole rings is 1. The number of anilines is 1. The van der Waals surface area contributed by atoms with Crippen LogP contribution < -0.4 is 10.6 Å². The second-order valence-electron chi connectivity index (χ2n) is 4.43. The molecule has 2 rings (SSSR count). The van der Waals surface area contributed by atoms with Crippen LogP contribution >= 0.6 is 0 Å². The normalized spacial score (nSPS) is 10.5. The van der Waals surface area contributed by atoms with Crippen LogP contribution in [0.15, 0.2) is 22.6 Å². The van der Waals surface area contributed by atoms with Gasteiger partial charge in [-0.1, -0.05) is 13.0 Å². The van der Waals surface area contributed by atoms with Gasteiger partial charge >= 0.3 is 0 Å². The Morgan fingerprint density at radius 3 is 2.95 bits per heavy atom. The van der Waals surface area contributed by atoms with Gasteiger partial charge in [0.2, 0.25) is 5.91 Å². The number of carbonyl (C=O) groups is 1. The SMILES string of the molecule is CCCNC(=O)CCNc1nc2c([N+](=O)[O-])cccc2o1. The van der Waals surface area contributed by atoms with Crippen molar-refractivity contribution in [1.82, 2.24) is 10.3 Å². The van der Waals surface area contributed by atoms with Crippen molar-refractivity contribution in [3.63, 3.8) is 0 Å². The summed E-state index contributed by atoms with van der Waals surface area (Å²) in [7, 11) is 0. The maximum absolute atomic E-state index is 11.4. The molecular formula is C13H16N4O4. The molecule has 2 aromatic rings. The fraction of sp³-hybridized carbons (Fsp3) is 0.385. The van der Waals surface area contributed by atoms with Crippen molar-refractivity contribution in [2.24, 2.45) is 0 Å². The first-order valence-electron chi connectivity index (χ1n) is 6.66. The Labute approximate surface area is 120 Å². The van der Waals surface area contributed by atoms with Crippen LogP contribution in [0.5, 0.6) is 0 Å². The summed E-state index contributed by atoms with van der Waals surface area (Å²) >= 11 is 0. The summed E-state index contributed by atoms with van der Waals surface area (Å²) < 4.78 is 5.36. The zero-order valence-electron chi connectivity index (χ0n) is 11.6. The second-order valence-corrected chi connectivity index (χ2v) is 4.43. The minimum Gasteiger partial charge on any atom is -0.423 e. The molecule has 1 amide bonds. The first-order chi connectivity index (χ1) is 10.1. The maximum atomic E-state index is 11.4. The second kappa shape index (κ2) is 6.69. The molecule has 0 radical (unpaired) electrons. The summed E-state index contributed by atoms with van der Waals surface area (Å²) in [4.78, 5) is 25.8. The highest BCUT2D eigenvalue weighted by molar-refractivity contribution is 5.84. The van der Waals surface area contributed by atoms with E-state index in [1.165, 1.54) is 12.1 Å². The van der Waals surface area contributed by atoms with E-state index in [4.69, 9.17) is 4.42 Å². The number of benzene rings is 1. The van der Waals surface area contributed by atoms with Crippen LogP contribution in [0, 0.1) is 10.1 Å². The monoisotopic (exact) mass is 292 g/mol. The molecule has 1 aromatic carbocycles.